The fraction of sp³-hybridized carbons (Fsp3) is 0.189. The predicted molar refractivity (Wildman–Crippen MR) is 166 cm³/mol. The summed E-state index contributed by atoms with van der Waals surface area (Å²) in [4.78, 5) is 2.16. The van der Waals surface area contributed by atoms with Gasteiger partial charge < -0.3 is 14.4 Å². The van der Waals surface area contributed by atoms with Gasteiger partial charge in [-0.3, -0.25) is 0 Å². The van der Waals surface area contributed by atoms with Crippen molar-refractivity contribution in [2.75, 3.05) is 26.1 Å². The molecular formula is C37H33NO2. The monoisotopic (exact) mass is 523 g/mol. The van der Waals surface area contributed by atoms with Gasteiger partial charge in [-0.05, 0) is 89.4 Å². The quantitative estimate of drug-likeness (QED) is 0.236. The first-order valence-corrected chi connectivity index (χ1v) is 14.0. The Hall–Kier alpha value is -4.50. The minimum atomic E-state index is -0.763. The number of rotatable bonds is 4. The van der Waals surface area contributed by atoms with Gasteiger partial charge in [-0.2, -0.15) is 0 Å². The fourth-order valence-corrected chi connectivity index (χ4v) is 6.68. The molecule has 1 aliphatic heterocycles. The molecule has 1 aliphatic carbocycles. The Morgan fingerprint density at radius 3 is 2.38 bits per heavy atom. The first kappa shape index (κ1) is 24.5. The van der Waals surface area contributed by atoms with Crippen molar-refractivity contribution in [1.82, 2.24) is 0 Å². The van der Waals surface area contributed by atoms with Crippen molar-refractivity contribution >= 4 is 22.5 Å². The first-order chi connectivity index (χ1) is 19.5. The van der Waals surface area contributed by atoms with E-state index in [9.17, 15) is 0 Å². The Morgan fingerprint density at radius 2 is 1.60 bits per heavy atom. The highest BCUT2D eigenvalue weighted by molar-refractivity contribution is 6.06. The molecule has 3 nitrogen and oxygen atoms in total. The van der Waals surface area contributed by atoms with E-state index >= 15 is 0 Å². The molecule has 1 heterocycles. The largest absolute Gasteiger partial charge is 0.497 e. The molecule has 2 aliphatic rings. The van der Waals surface area contributed by atoms with Gasteiger partial charge in [-0.15, -0.1) is 0 Å². The van der Waals surface area contributed by atoms with Crippen molar-refractivity contribution in [2.45, 2.75) is 25.4 Å². The van der Waals surface area contributed by atoms with Gasteiger partial charge in [0, 0.05) is 41.9 Å². The van der Waals surface area contributed by atoms with Crippen molar-refractivity contribution in [2.24, 2.45) is 0 Å². The topological polar surface area (TPSA) is 21.7 Å². The van der Waals surface area contributed by atoms with Crippen LogP contribution in [0.25, 0.3) is 28.0 Å². The van der Waals surface area contributed by atoms with Crippen LogP contribution in [0.3, 0.4) is 0 Å². The van der Waals surface area contributed by atoms with E-state index in [2.05, 4.69) is 129 Å². The molecule has 0 saturated carbocycles. The normalized spacial score (nSPS) is 17.0. The third-order valence-corrected chi connectivity index (χ3v) is 8.60. The molecule has 0 N–H and O–H groups in total. The molecule has 1 atom stereocenters. The molecule has 0 radical (unpaired) electrons. The summed E-state index contributed by atoms with van der Waals surface area (Å²) in [6.45, 7) is 2.17. The number of anilines is 1. The predicted octanol–water partition coefficient (Wildman–Crippen LogP) is 8.34. The molecule has 40 heavy (non-hydrogen) atoms. The highest BCUT2D eigenvalue weighted by Gasteiger charge is 2.39. The lowest BCUT2D eigenvalue weighted by Gasteiger charge is -2.38. The van der Waals surface area contributed by atoms with Crippen LogP contribution in [0.2, 0.25) is 0 Å². The molecule has 5 aromatic rings. The molecule has 0 saturated heterocycles. The van der Waals surface area contributed by atoms with Crippen LogP contribution in [0.5, 0.6) is 11.5 Å². The molecule has 1 unspecified atom stereocenters. The lowest BCUT2D eigenvalue weighted by molar-refractivity contribution is 0.163. The van der Waals surface area contributed by atoms with Crippen molar-refractivity contribution < 1.29 is 9.47 Å². The number of ether oxygens (including phenoxy) is 2. The molecule has 7 rings (SSSR count). The van der Waals surface area contributed by atoms with Gasteiger partial charge in [-0.25, -0.2) is 0 Å². The fourth-order valence-electron chi connectivity index (χ4n) is 6.68. The lowest BCUT2D eigenvalue weighted by atomic mass is 9.77. The Labute approximate surface area is 236 Å². The molecule has 3 heteroatoms. The Bertz CT molecular complexity index is 1800. The molecule has 0 bridgehead atoms. The van der Waals surface area contributed by atoms with Gasteiger partial charge in [0.05, 0.1) is 7.11 Å². The Balaban J connectivity index is 1.52. The zero-order valence-electron chi connectivity index (χ0n) is 23.5. The summed E-state index contributed by atoms with van der Waals surface area (Å²) in [6.07, 6.45) is 6.59. The molecular weight excluding hydrogens is 490 g/mol. The molecule has 0 amide bonds. The number of fused-ring (bicyclic) bond motifs is 8. The van der Waals surface area contributed by atoms with Crippen LogP contribution in [0, 0.1) is 6.92 Å². The van der Waals surface area contributed by atoms with Crippen LogP contribution in [-0.2, 0) is 18.4 Å². The van der Waals surface area contributed by atoms with E-state index in [-0.39, 0.29) is 0 Å². The van der Waals surface area contributed by atoms with Gasteiger partial charge in [0.2, 0.25) is 0 Å². The highest BCUT2D eigenvalue weighted by atomic mass is 16.5. The number of methoxy groups -OCH3 is 1. The Kier molecular flexibility index (Phi) is 5.71. The summed E-state index contributed by atoms with van der Waals surface area (Å²) >= 11 is 0. The molecule has 0 fully saturated rings. The minimum Gasteiger partial charge on any atom is -0.497 e. The summed E-state index contributed by atoms with van der Waals surface area (Å²) in [5.41, 5.74) is 10.5. The van der Waals surface area contributed by atoms with E-state index in [0.717, 1.165) is 40.9 Å². The smallest absolute Gasteiger partial charge is 0.178 e. The van der Waals surface area contributed by atoms with Gasteiger partial charge in [0.25, 0.3) is 0 Å². The maximum atomic E-state index is 7.36. The van der Waals surface area contributed by atoms with Crippen LogP contribution >= 0.6 is 0 Å². The summed E-state index contributed by atoms with van der Waals surface area (Å²) < 4.78 is 13.1. The van der Waals surface area contributed by atoms with E-state index in [4.69, 9.17) is 9.47 Å². The van der Waals surface area contributed by atoms with Crippen LogP contribution in [0.15, 0.2) is 97.1 Å². The summed E-state index contributed by atoms with van der Waals surface area (Å²) in [7, 11) is 5.90. The number of aryl methyl sites for hydroxylation is 2. The second-order valence-electron chi connectivity index (χ2n) is 11.1. The zero-order valence-corrected chi connectivity index (χ0v) is 23.5. The van der Waals surface area contributed by atoms with Gasteiger partial charge in [-0.1, -0.05) is 66.7 Å². The molecule has 198 valence electrons. The number of benzene rings is 5. The van der Waals surface area contributed by atoms with Gasteiger partial charge in [0.1, 0.15) is 11.5 Å². The van der Waals surface area contributed by atoms with E-state index in [0.29, 0.717) is 0 Å². The van der Waals surface area contributed by atoms with Crippen molar-refractivity contribution in [1.29, 1.82) is 0 Å². The number of hydrogen-bond acceptors (Lipinski definition) is 3. The van der Waals surface area contributed by atoms with Gasteiger partial charge in [0.15, 0.2) is 5.60 Å². The third kappa shape index (κ3) is 3.65. The first-order valence-electron chi connectivity index (χ1n) is 14.0. The number of hydrogen-bond donors (Lipinski definition) is 0. The second-order valence-corrected chi connectivity index (χ2v) is 11.1. The van der Waals surface area contributed by atoms with E-state index in [1.54, 1.807) is 7.11 Å². The minimum absolute atomic E-state index is 0.763. The van der Waals surface area contributed by atoms with Crippen LogP contribution < -0.4 is 14.4 Å². The van der Waals surface area contributed by atoms with Gasteiger partial charge >= 0.3 is 0 Å². The van der Waals surface area contributed by atoms with E-state index < -0.39 is 5.60 Å². The van der Waals surface area contributed by atoms with Crippen molar-refractivity contribution in [3.05, 3.63) is 130 Å². The summed E-state index contributed by atoms with van der Waals surface area (Å²) in [5.74, 6) is 1.75. The second kappa shape index (κ2) is 9.31. The molecule has 0 spiro atoms. The summed E-state index contributed by atoms with van der Waals surface area (Å²) in [5, 5.41) is 2.29. The van der Waals surface area contributed by atoms with E-state index in [1.807, 2.05) is 0 Å². The van der Waals surface area contributed by atoms with Crippen LogP contribution in [0.4, 0.5) is 5.69 Å². The average molecular weight is 524 g/mol. The average Bonchev–Trinajstić information content (AvgIpc) is 3.00. The zero-order chi connectivity index (χ0) is 27.4. The SMILES string of the molecule is COc1ccc2c3c(c4c(c2c1)OC(c1ccccc1)(c1ccc(N(C)C)c(C)c1)C=C4)CCc1ccccc1-3. The standard InChI is InChI=1S/C37H33NO2/c1-24-22-27(15-19-34(24)38(2)3)37(26-11-6-5-7-12-26)21-20-32-30-17-14-25-10-8-9-13-29(25)35(30)31-18-16-28(39-4)23-33(31)36(32)40-37/h5-13,15-16,18-23H,14,17H2,1-4H3. The molecule has 5 aromatic carbocycles. The molecule has 0 aromatic heterocycles. The van der Waals surface area contributed by atoms with Crippen molar-refractivity contribution in [3.8, 4) is 22.6 Å². The van der Waals surface area contributed by atoms with E-state index in [1.165, 1.54) is 44.5 Å². The maximum absolute atomic E-state index is 7.36. The van der Waals surface area contributed by atoms with Crippen LogP contribution in [0.1, 0.15) is 33.4 Å². The Morgan fingerprint density at radius 1 is 0.800 bits per heavy atom. The van der Waals surface area contributed by atoms with Crippen molar-refractivity contribution in [3.63, 3.8) is 0 Å². The number of nitrogens with zero attached hydrogens (tertiary/aromatic N) is 1. The lowest BCUT2D eigenvalue weighted by Crippen LogP contribution is -2.35. The summed E-state index contributed by atoms with van der Waals surface area (Å²) in [6, 6.07) is 32.5. The maximum Gasteiger partial charge on any atom is 0.178 e. The third-order valence-electron chi connectivity index (χ3n) is 8.60. The van der Waals surface area contributed by atoms with Crippen LogP contribution in [-0.4, -0.2) is 21.2 Å². The highest BCUT2D eigenvalue weighted by Crippen LogP contribution is 2.52.